The fraction of sp³-hybridized carbons (Fsp3) is 0.465. The van der Waals surface area contributed by atoms with E-state index in [2.05, 4.69) is 9.80 Å². The SMILES string of the molecule is O=C(c1cc(C(F)(F)F)cc(C(F)(F)F)c1)N1CCC(N2CCN(C3CCCN(S(=O)(=O)c4cc(CCOCc5ccccc5)cs4)C3)CC2)CC1Cc1ccccc1. The number of piperazine rings is 1. The molecule has 8 nitrogen and oxygen atoms in total. The fourth-order valence-corrected chi connectivity index (χ4v) is 11.5. The van der Waals surface area contributed by atoms with Gasteiger partial charge in [-0.25, -0.2) is 8.42 Å². The second kappa shape index (κ2) is 18.4. The van der Waals surface area contributed by atoms with Crippen LogP contribution in [0.25, 0.3) is 0 Å². The minimum atomic E-state index is -5.06. The van der Waals surface area contributed by atoms with Crippen LogP contribution in [0.15, 0.2) is 94.5 Å². The largest absolute Gasteiger partial charge is 0.416 e. The van der Waals surface area contributed by atoms with Gasteiger partial charge in [0.2, 0.25) is 0 Å². The van der Waals surface area contributed by atoms with Crippen LogP contribution in [-0.4, -0.2) is 104 Å². The summed E-state index contributed by atoms with van der Waals surface area (Å²) in [6.45, 7) is 4.89. The Morgan fingerprint density at radius 2 is 1.34 bits per heavy atom. The van der Waals surface area contributed by atoms with Crippen LogP contribution in [0, 0.1) is 0 Å². The van der Waals surface area contributed by atoms with Gasteiger partial charge in [-0.2, -0.15) is 30.6 Å². The lowest BCUT2D eigenvalue weighted by molar-refractivity contribution is -0.143. The third-order valence-corrected chi connectivity index (χ3v) is 15.0. The van der Waals surface area contributed by atoms with Crippen LogP contribution < -0.4 is 0 Å². The molecule has 0 N–H and O–H groups in total. The number of halogens is 6. The predicted octanol–water partition coefficient (Wildman–Crippen LogP) is 8.23. The van der Waals surface area contributed by atoms with Crippen molar-refractivity contribution in [1.82, 2.24) is 19.0 Å². The van der Waals surface area contributed by atoms with Crippen LogP contribution in [0.3, 0.4) is 0 Å². The minimum Gasteiger partial charge on any atom is -0.376 e. The maximum absolute atomic E-state index is 13.9. The van der Waals surface area contributed by atoms with Crippen molar-refractivity contribution in [2.45, 2.75) is 79.8 Å². The number of benzene rings is 3. The summed E-state index contributed by atoms with van der Waals surface area (Å²) in [6.07, 6.45) is -6.46. The maximum atomic E-state index is 13.9. The Morgan fingerprint density at radius 3 is 1.97 bits per heavy atom. The molecular weight excluding hydrogens is 815 g/mol. The molecule has 0 saturated carbocycles. The number of alkyl halides is 6. The van der Waals surface area contributed by atoms with Gasteiger partial charge in [-0.1, -0.05) is 60.7 Å². The molecule has 16 heteroatoms. The highest BCUT2D eigenvalue weighted by Crippen LogP contribution is 2.38. The molecular formula is C43H48F6N4O4S2. The van der Waals surface area contributed by atoms with Crippen molar-refractivity contribution in [2.24, 2.45) is 0 Å². The smallest absolute Gasteiger partial charge is 0.376 e. The Kier molecular flexibility index (Phi) is 13.5. The van der Waals surface area contributed by atoms with E-state index >= 15 is 0 Å². The summed E-state index contributed by atoms with van der Waals surface area (Å²) >= 11 is 1.24. The number of carbonyl (C=O) groups excluding carboxylic acids is 1. The molecule has 0 bridgehead atoms. The predicted molar refractivity (Wildman–Crippen MR) is 213 cm³/mol. The monoisotopic (exact) mass is 862 g/mol. The molecule has 4 heterocycles. The van der Waals surface area contributed by atoms with Crippen LogP contribution >= 0.6 is 11.3 Å². The van der Waals surface area contributed by atoms with E-state index in [0.29, 0.717) is 81.4 Å². The molecule has 3 aliphatic heterocycles. The maximum Gasteiger partial charge on any atom is 0.416 e. The van der Waals surface area contributed by atoms with E-state index in [1.165, 1.54) is 16.2 Å². The Morgan fingerprint density at radius 1 is 0.729 bits per heavy atom. The molecule has 3 atom stereocenters. The van der Waals surface area contributed by atoms with Gasteiger partial charge < -0.3 is 9.64 Å². The van der Waals surface area contributed by atoms with Gasteiger partial charge in [-0.3, -0.25) is 14.6 Å². The van der Waals surface area contributed by atoms with Crippen molar-refractivity contribution >= 4 is 27.3 Å². The van der Waals surface area contributed by atoms with Gasteiger partial charge in [0.05, 0.1) is 24.3 Å². The number of piperidine rings is 2. The van der Waals surface area contributed by atoms with Gasteiger partial charge in [-0.15, -0.1) is 11.3 Å². The van der Waals surface area contributed by atoms with Gasteiger partial charge in [-0.05, 0) is 84.9 Å². The summed E-state index contributed by atoms with van der Waals surface area (Å²) in [7, 11) is -3.67. The lowest BCUT2D eigenvalue weighted by Crippen LogP contribution is -2.59. The van der Waals surface area contributed by atoms with Gasteiger partial charge in [0.1, 0.15) is 4.21 Å². The second-order valence-corrected chi connectivity index (χ2v) is 18.7. The highest BCUT2D eigenvalue weighted by Gasteiger charge is 2.41. The van der Waals surface area contributed by atoms with Gasteiger partial charge in [0.15, 0.2) is 0 Å². The quantitative estimate of drug-likeness (QED) is 0.106. The number of nitrogens with zero attached hydrogens (tertiary/aromatic N) is 4. The van der Waals surface area contributed by atoms with Gasteiger partial charge in [0, 0.05) is 69.5 Å². The average molecular weight is 863 g/mol. The molecule has 318 valence electrons. The first-order valence-electron chi connectivity index (χ1n) is 20.0. The van der Waals surface area contributed by atoms with Crippen LogP contribution in [-0.2, 0) is 46.6 Å². The first kappa shape index (κ1) is 43.3. The Bertz CT molecular complexity index is 2090. The van der Waals surface area contributed by atoms with E-state index in [4.69, 9.17) is 4.74 Å². The molecule has 3 aromatic carbocycles. The van der Waals surface area contributed by atoms with Crippen molar-refractivity contribution in [3.63, 3.8) is 0 Å². The van der Waals surface area contributed by atoms with Crippen LogP contribution in [0.5, 0.6) is 0 Å². The number of ether oxygens (including phenoxy) is 1. The normalized spacial score (nSPS) is 21.8. The second-order valence-electron chi connectivity index (χ2n) is 15.6. The average Bonchev–Trinajstić information content (AvgIpc) is 3.72. The van der Waals surface area contributed by atoms with E-state index in [1.54, 1.807) is 10.4 Å². The molecule has 0 aliphatic carbocycles. The van der Waals surface area contributed by atoms with E-state index in [9.17, 15) is 39.6 Å². The number of carbonyl (C=O) groups is 1. The fourth-order valence-electron chi connectivity index (χ4n) is 8.56. The molecule has 1 aromatic heterocycles. The van der Waals surface area contributed by atoms with Crippen molar-refractivity contribution < 1.29 is 44.3 Å². The minimum absolute atomic E-state index is 0.0409. The molecule has 0 spiro atoms. The van der Waals surface area contributed by atoms with Gasteiger partial charge in [0.25, 0.3) is 15.9 Å². The number of likely N-dealkylation sites (tertiary alicyclic amines) is 1. The van der Waals surface area contributed by atoms with Crippen molar-refractivity contribution in [2.75, 3.05) is 52.4 Å². The Hall–Kier alpha value is -3.80. The molecule has 1 amide bonds. The summed E-state index contributed by atoms with van der Waals surface area (Å²) in [5.41, 5.74) is -0.746. The Balaban J connectivity index is 0.962. The lowest BCUT2D eigenvalue weighted by Gasteiger charge is -2.48. The third-order valence-electron chi connectivity index (χ3n) is 11.7. The molecule has 3 saturated heterocycles. The Labute approximate surface area is 345 Å². The first-order chi connectivity index (χ1) is 28.1. The van der Waals surface area contributed by atoms with E-state index in [1.807, 2.05) is 66.0 Å². The van der Waals surface area contributed by atoms with E-state index in [-0.39, 0.29) is 24.7 Å². The standard InChI is InChI=1S/C43H48F6N4O4S2/c44-42(45,46)35-24-34(25-36(26-35)43(47,48)49)41(54)53-16-13-37(27-39(53)22-31-8-3-1-4-9-31)50-17-19-51(20-18-50)38-12-7-15-52(28-38)59(55,56)40-23-33(30-58-40)14-21-57-29-32-10-5-2-6-11-32/h1-6,8-11,23-26,30,37-39H,7,12-22,27-29H2. The summed E-state index contributed by atoms with van der Waals surface area (Å²) < 4.78 is 118. The molecule has 59 heavy (non-hydrogen) atoms. The highest BCUT2D eigenvalue weighted by atomic mass is 32.2. The topological polar surface area (TPSA) is 73.4 Å². The van der Waals surface area contributed by atoms with Crippen molar-refractivity contribution in [3.05, 3.63) is 124 Å². The zero-order valence-corrected chi connectivity index (χ0v) is 34.1. The number of thiophene rings is 1. The third kappa shape index (κ3) is 10.8. The first-order valence-corrected chi connectivity index (χ1v) is 22.3. The molecule has 3 aliphatic rings. The number of sulfonamides is 1. The number of hydrogen-bond acceptors (Lipinski definition) is 7. The highest BCUT2D eigenvalue weighted by molar-refractivity contribution is 7.91. The summed E-state index contributed by atoms with van der Waals surface area (Å²) in [6, 6.07) is 21.7. The summed E-state index contributed by atoms with van der Waals surface area (Å²) in [5.74, 6) is -0.853. The zero-order chi connectivity index (χ0) is 41.8. The summed E-state index contributed by atoms with van der Waals surface area (Å²) in [4.78, 5) is 20.0. The molecule has 0 radical (unpaired) electrons. The summed E-state index contributed by atoms with van der Waals surface area (Å²) in [5, 5.41) is 1.89. The van der Waals surface area contributed by atoms with Crippen molar-refractivity contribution in [1.29, 1.82) is 0 Å². The van der Waals surface area contributed by atoms with Crippen LogP contribution in [0.2, 0.25) is 0 Å². The van der Waals surface area contributed by atoms with Gasteiger partial charge >= 0.3 is 12.4 Å². The van der Waals surface area contributed by atoms with Crippen LogP contribution in [0.4, 0.5) is 26.3 Å². The van der Waals surface area contributed by atoms with E-state index < -0.39 is 51.0 Å². The molecule has 3 fully saturated rings. The van der Waals surface area contributed by atoms with Crippen molar-refractivity contribution in [3.8, 4) is 0 Å². The number of hydrogen-bond donors (Lipinski definition) is 0. The molecule has 3 unspecified atom stereocenters. The van der Waals surface area contributed by atoms with Crippen LogP contribution in [0.1, 0.15) is 63.9 Å². The lowest BCUT2D eigenvalue weighted by atomic mass is 9.90. The molecule has 4 aromatic rings. The number of rotatable bonds is 12. The molecule has 7 rings (SSSR count). The van der Waals surface area contributed by atoms with E-state index in [0.717, 1.165) is 42.6 Å². The number of amides is 1. The zero-order valence-electron chi connectivity index (χ0n) is 32.5.